The van der Waals surface area contributed by atoms with Crippen molar-refractivity contribution >= 4 is 5.69 Å². The molecule has 116 valence electrons. The van der Waals surface area contributed by atoms with Gasteiger partial charge in [-0.05, 0) is 25.8 Å². The molecule has 2 unspecified atom stereocenters. The van der Waals surface area contributed by atoms with Crippen LogP contribution in [0.15, 0.2) is 12.1 Å². The third kappa shape index (κ3) is 2.76. The minimum absolute atomic E-state index is 0.152. The fourth-order valence-electron chi connectivity index (χ4n) is 3.63. The molecule has 2 nitrogen and oxygen atoms in total. The summed E-state index contributed by atoms with van der Waals surface area (Å²) in [7, 11) is 0. The summed E-state index contributed by atoms with van der Waals surface area (Å²) >= 11 is 0. The quantitative estimate of drug-likeness (QED) is 0.770. The van der Waals surface area contributed by atoms with Crippen molar-refractivity contribution in [3.05, 3.63) is 29.6 Å². The van der Waals surface area contributed by atoms with E-state index in [2.05, 4.69) is 11.8 Å². The molecule has 0 spiro atoms. The molecule has 2 atom stereocenters. The van der Waals surface area contributed by atoms with Crippen molar-refractivity contribution in [2.45, 2.75) is 44.7 Å². The third-order valence-corrected chi connectivity index (χ3v) is 4.81. The number of piperidine rings is 1. The van der Waals surface area contributed by atoms with Gasteiger partial charge in [-0.3, -0.25) is 4.90 Å². The number of benzene rings is 1. The number of nitrogens with zero attached hydrogens (tertiary/aromatic N) is 2. The zero-order valence-corrected chi connectivity index (χ0v) is 12.3. The van der Waals surface area contributed by atoms with E-state index in [-0.39, 0.29) is 11.7 Å². The van der Waals surface area contributed by atoms with Gasteiger partial charge in [0.15, 0.2) is 11.6 Å². The van der Waals surface area contributed by atoms with E-state index in [1.54, 1.807) is 0 Å². The number of anilines is 1. The van der Waals surface area contributed by atoms with Crippen LogP contribution in [0.25, 0.3) is 0 Å². The first kappa shape index (κ1) is 14.7. The lowest BCUT2D eigenvalue weighted by Gasteiger charge is -2.49. The van der Waals surface area contributed by atoms with Crippen LogP contribution in [0.5, 0.6) is 0 Å². The van der Waals surface area contributed by atoms with Crippen LogP contribution in [0, 0.1) is 17.5 Å². The maximum atomic E-state index is 14.1. The number of fused-ring (bicyclic) bond motifs is 1. The van der Waals surface area contributed by atoms with Crippen molar-refractivity contribution in [1.82, 2.24) is 4.90 Å². The highest BCUT2D eigenvalue weighted by Gasteiger charge is 2.35. The van der Waals surface area contributed by atoms with E-state index >= 15 is 0 Å². The molecular weight excluding hydrogens is 277 g/mol. The highest BCUT2D eigenvalue weighted by molar-refractivity contribution is 5.50. The van der Waals surface area contributed by atoms with Crippen molar-refractivity contribution in [1.29, 1.82) is 0 Å². The Labute approximate surface area is 123 Å². The number of hydrogen-bond acceptors (Lipinski definition) is 2. The van der Waals surface area contributed by atoms with Gasteiger partial charge in [-0.15, -0.1) is 0 Å². The molecule has 2 aliphatic rings. The van der Waals surface area contributed by atoms with Crippen molar-refractivity contribution in [3.8, 4) is 0 Å². The maximum absolute atomic E-state index is 14.1. The molecule has 2 saturated heterocycles. The Balaban J connectivity index is 1.90. The predicted molar refractivity (Wildman–Crippen MR) is 77.0 cm³/mol. The lowest BCUT2D eigenvalue weighted by atomic mass is 9.95. The predicted octanol–water partition coefficient (Wildman–Crippen LogP) is 3.56. The summed E-state index contributed by atoms with van der Waals surface area (Å²) in [4.78, 5) is 4.40. The molecule has 1 aromatic rings. The van der Waals surface area contributed by atoms with E-state index in [1.165, 1.54) is 12.8 Å². The molecule has 0 radical (unpaired) electrons. The molecule has 0 aromatic heterocycles. The summed E-state index contributed by atoms with van der Waals surface area (Å²) in [5.41, 5.74) is 0.200. The second kappa shape index (κ2) is 5.87. The number of halogens is 3. The highest BCUT2D eigenvalue weighted by Crippen LogP contribution is 2.31. The van der Waals surface area contributed by atoms with Crippen molar-refractivity contribution in [2.75, 3.05) is 24.5 Å². The van der Waals surface area contributed by atoms with Gasteiger partial charge in [0.2, 0.25) is 0 Å². The molecular formula is C16H21F3N2. The summed E-state index contributed by atoms with van der Waals surface area (Å²) in [5.74, 6) is -2.77. The van der Waals surface area contributed by atoms with Gasteiger partial charge in [-0.25, -0.2) is 13.2 Å². The molecule has 0 aliphatic carbocycles. The largest absolute Gasteiger partial charge is 0.363 e. The summed E-state index contributed by atoms with van der Waals surface area (Å²) < 4.78 is 40.7. The molecule has 5 heteroatoms. The summed E-state index contributed by atoms with van der Waals surface area (Å²) in [6, 6.07) is 2.21. The zero-order valence-electron chi connectivity index (χ0n) is 12.3. The standard InChI is InChI=1S/C16H21F3N2/c1-2-11-9-20-6-4-3-5-12(20)10-21(11)16-8-14(18)13(17)7-15(16)19/h7-8,11-12H,2-6,9-10H2,1H3. The third-order valence-electron chi connectivity index (χ3n) is 4.81. The Morgan fingerprint density at radius 2 is 1.81 bits per heavy atom. The average molecular weight is 298 g/mol. The van der Waals surface area contributed by atoms with E-state index in [1.807, 2.05) is 4.90 Å². The lowest BCUT2D eigenvalue weighted by molar-refractivity contribution is 0.110. The molecule has 1 aromatic carbocycles. The topological polar surface area (TPSA) is 6.48 Å². The van der Waals surface area contributed by atoms with Crippen LogP contribution in [0.1, 0.15) is 32.6 Å². The average Bonchev–Trinajstić information content (AvgIpc) is 2.49. The van der Waals surface area contributed by atoms with Crippen molar-refractivity contribution in [2.24, 2.45) is 0 Å². The highest BCUT2D eigenvalue weighted by atomic mass is 19.2. The Bertz CT molecular complexity index is 520. The molecule has 0 bridgehead atoms. The Hall–Kier alpha value is -1.23. The number of rotatable bonds is 2. The van der Waals surface area contributed by atoms with Gasteiger partial charge in [-0.2, -0.15) is 0 Å². The second-order valence-electron chi connectivity index (χ2n) is 6.08. The summed E-state index contributed by atoms with van der Waals surface area (Å²) in [6.07, 6.45) is 4.36. The number of hydrogen-bond donors (Lipinski definition) is 0. The first-order valence-corrected chi connectivity index (χ1v) is 7.75. The Kier molecular flexibility index (Phi) is 4.11. The van der Waals surface area contributed by atoms with E-state index in [4.69, 9.17) is 0 Å². The van der Waals surface area contributed by atoms with Crippen molar-refractivity contribution < 1.29 is 13.2 Å². The van der Waals surface area contributed by atoms with E-state index < -0.39 is 17.5 Å². The van der Waals surface area contributed by atoms with Gasteiger partial charge in [0, 0.05) is 37.3 Å². The zero-order chi connectivity index (χ0) is 15.0. The molecule has 0 saturated carbocycles. The molecule has 3 rings (SSSR count). The van der Waals surface area contributed by atoms with Crippen molar-refractivity contribution in [3.63, 3.8) is 0 Å². The minimum Gasteiger partial charge on any atom is -0.363 e. The van der Waals surface area contributed by atoms with Gasteiger partial charge in [0.1, 0.15) is 5.82 Å². The minimum atomic E-state index is -1.12. The first-order chi connectivity index (χ1) is 10.1. The Morgan fingerprint density at radius 1 is 1.05 bits per heavy atom. The smallest absolute Gasteiger partial charge is 0.161 e. The van der Waals surface area contributed by atoms with Crippen LogP contribution < -0.4 is 4.90 Å². The van der Waals surface area contributed by atoms with Gasteiger partial charge in [0.05, 0.1) is 5.69 Å². The first-order valence-electron chi connectivity index (χ1n) is 7.75. The van der Waals surface area contributed by atoms with Gasteiger partial charge in [-0.1, -0.05) is 13.3 Å². The van der Waals surface area contributed by atoms with Crippen LogP contribution in [0.4, 0.5) is 18.9 Å². The van der Waals surface area contributed by atoms with Gasteiger partial charge < -0.3 is 4.90 Å². The fraction of sp³-hybridized carbons (Fsp3) is 0.625. The normalized spacial score (nSPS) is 26.8. The van der Waals surface area contributed by atoms with E-state index in [0.29, 0.717) is 18.7 Å². The SMILES string of the molecule is CCC1CN2CCCCC2CN1c1cc(F)c(F)cc1F. The molecule has 2 aliphatic heterocycles. The van der Waals surface area contributed by atoms with Crippen LogP contribution in [-0.2, 0) is 0 Å². The monoisotopic (exact) mass is 298 g/mol. The van der Waals surface area contributed by atoms with Crippen LogP contribution >= 0.6 is 0 Å². The molecule has 2 heterocycles. The summed E-state index contributed by atoms with van der Waals surface area (Å²) in [5, 5.41) is 0. The van der Waals surface area contributed by atoms with Crippen LogP contribution in [0.2, 0.25) is 0 Å². The molecule has 0 N–H and O–H groups in total. The number of piperazine rings is 1. The fourth-order valence-corrected chi connectivity index (χ4v) is 3.63. The van der Waals surface area contributed by atoms with E-state index in [0.717, 1.165) is 32.0 Å². The molecule has 0 amide bonds. The van der Waals surface area contributed by atoms with Gasteiger partial charge in [0.25, 0.3) is 0 Å². The van der Waals surface area contributed by atoms with Gasteiger partial charge >= 0.3 is 0 Å². The molecule has 2 fully saturated rings. The maximum Gasteiger partial charge on any atom is 0.161 e. The van der Waals surface area contributed by atoms with Crippen LogP contribution in [0.3, 0.4) is 0 Å². The second-order valence-corrected chi connectivity index (χ2v) is 6.08. The Morgan fingerprint density at radius 3 is 2.57 bits per heavy atom. The van der Waals surface area contributed by atoms with E-state index in [9.17, 15) is 13.2 Å². The lowest BCUT2D eigenvalue weighted by Crippen LogP contribution is -2.59. The summed E-state index contributed by atoms with van der Waals surface area (Å²) in [6.45, 7) is 4.72. The van der Waals surface area contributed by atoms with Crippen LogP contribution in [-0.4, -0.2) is 36.6 Å². The molecule has 21 heavy (non-hydrogen) atoms.